The number of thiazole rings is 1. The van der Waals surface area contributed by atoms with Gasteiger partial charge in [0.25, 0.3) is 0 Å². The minimum Gasteiger partial charge on any atom is -0.312 e. The van der Waals surface area contributed by atoms with Crippen LogP contribution in [0.5, 0.6) is 0 Å². The van der Waals surface area contributed by atoms with Gasteiger partial charge in [0.1, 0.15) is 5.82 Å². The van der Waals surface area contributed by atoms with Crippen molar-refractivity contribution in [3.05, 3.63) is 51.7 Å². The minimum atomic E-state index is -0.144. The van der Waals surface area contributed by atoms with Crippen LogP contribution in [0.25, 0.3) is 0 Å². The first-order chi connectivity index (χ1) is 8.66. The first kappa shape index (κ1) is 13.2. The van der Waals surface area contributed by atoms with Gasteiger partial charge in [0.15, 0.2) is 0 Å². The third-order valence-electron chi connectivity index (χ3n) is 2.87. The summed E-state index contributed by atoms with van der Waals surface area (Å²) in [6, 6.07) is 5.23. The molecule has 1 aromatic heterocycles. The molecule has 0 aliphatic heterocycles. The first-order valence-electron chi connectivity index (χ1n) is 6.02. The number of aromatic nitrogens is 1. The van der Waals surface area contributed by atoms with Gasteiger partial charge in [-0.25, -0.2) is 9.37 Å². The van der Waals surface area contributed by atoms with Crippen molar-refractivity contribution in [2.24, 2.45) is 0 Å². The zero-order valence-electron chi connectivity index (χ0n) is 10.6. The average molecular weight is 264 g/mol. The van der Waals surface area contributed by atoms with Crippen LogP contribution in [-0.4, -0.2) is 11.5 Å². The van der Waals surface area contributed by atoms with Gasteiger partial charge in [-0.3, -0.25) is 0 Å². The first-order valence-corrected chi connectivity index (χ1v) is 6.90. The highest BCUT2D eigenvalue weighted by Crippen LogP contribution is 2.16. The maximum absolute atomic E-state index is 13.1. The molecule has 2 nitrogen and oxygen atoms in total. The third kappa shape index (κ3) is 3.37. The highest BCUT2D eigenvalue weighted by atomic mass is 32.1. The summed E-state index contributed by atoms with van der Waals surface area (Å²) in [5.41, 5.74) is 1.81. The molecule has 0 amide bonds. The second-order valence-corrected chi connectivity index (χ2v) is 5.41. The molecule has 0 saturated heterocycles. The lowest BCUT2D eigenvalue weighted by Gasteiger charge is -2.10. The molecule has 0 aliphatic rings. The van der Waals surface area contributed by atoms with Crippen molar-refractivity contribution in [3.8, 4) is 0 Å². The Morgan fingerprint density at radius 1 is 1.44 bits per heavy atom. The number of halogens is 1. The van der Waals surface area contributed by atoms with E-state index in [-0.39, 0.29) is 5.82 Å². The van der Waals surface area contributed by atoms with E-state index in [4.69, 9.17) is 0 Å². The summed E-state index contributed by atoms with van der Waals surface area (Å²) < 4.78 is 13.1. The maximum Gasteiger partial charge on any atom is 0.126 e. The molecule has 2 aromatic rings. The van der Waals surface area contributed by atoms with Crippen LogP contribution >= 0.6 is 11.3 Å². The zero-order chi connectivity index (χ0) is 13.0. The summed E-state index contributed by atoms with van der Waals surface area (Å²) in [5.74, 6) is 0.265. The highest BCUT2D eigenvalue weighted by Gasteiger charge is 2.07. The number of hydrogen-bond donors (Lipinski definition) is 1. The van der Waals surface area contributed by atoms with Crippen molar-refractivity contribution in [1.82, 2.24) is 10.3 Å². The molecule has 0 spiro atoms. The number of nitrogens with one attached hydrogen (secondary N) is 1. The van der Waals surface area contributed by atoms with Gasteiger partial charge in [0.2, 0.25) is 0 Å². The quantitative estimate of drug-likeness (QED) is 0.894. The Kier molecular flexibility index (Phi) is 4.44. The summed E-state index contributed by atoms with van der Waals surface area (Å²) >= 11 is 1.68. The minimum absolute atomic E-state index is 0.144. The lowest BCUT2D eigenvalue weighted by atomic mass is 10.1. The number of benzene rings is 1. The van der Waals surface area contributed by atoms with E-state index in [9.17, 15) is 4.39 Å². The van der Waals surface area contributed by atoms with Gasteiger partial charge in [-0.2, -0.15) is 0 Å². The van der Waals surface area contributed by atoms with E-state index in [1.54, 1.807) is 18.3 Å². The molecule has 4 heteroatoms. The van der Waals surface area contributed by atoms with Gasteiger partial charge in [0.05, 0.1) is 5.01 Å². The van der Waals surface area contributed by atoms with Gasteiger partial charge >= 0.3 is 0 Å². The normalized spacial score (nSPS) is 12.6. The molecular weight excluding hydrogens is 247 g/mol. The monoisotopic (exact) mass is 264 g/mol. The molecule has 96 valence electrons. The summed E-state index contributed by atoms with van der Waals surface area (Å²) in [5, 5.41) is 6.53. The van der Waals surface area contributed by atoms with E-state index in [2.05, 4.69) is 17.2 Å². The molecule has 0 aliphatic carbocycles. The van der Waals surface area contributed by atoms with Gasteiger partial charge in [-0.15, -0.1) is 11.3 Å². The van der Waals surface area contributed by atoms with Crippen LogP contribution in [0, 0.1) is 12.7 Å². The molecule has 0 saturated carbocycles. The van der Waals surface area contributed by atoms with Gasteiger partial charge < -0.3 is 5.32 Å². The van der Waals surface area contributed by atoms with Crippen molar-refractivity contribution in [3.63, 3.8) is 0 Å². The molecule has 1 atom stereocenters. The van der Waals surface area contributed by atoms with Crippen molar-refractivity contribution >= 4 is 11.3 Å². The molecule has 1 aromatic carbocycles. The molecule has 2 rings (SSSR count). The Bertz CT molecular complexity index is 497. The second kappa shape index (κ2) is 6.07. The largest absolute Gasteiger partial charge is 0.312 e. The fourth-order valence-corrected chi connectivity index (χ4v) is 2.51. The number of aryl methyl sites for hydroxylation is 1. The molecule has 18 heavy (non-hydrogen) atoms. The van der Waals surface area contributed by atoms with Crippen LogP contribution in [0.15, 0.2) is 29.8 Å². The van der Waals surface area contributed by atoms with E-state index in [0.717, 1.165) is 23.7 Å². The van der Waals surface area contributed by atoms with E-state index in [1.807, 2.05) is 23.7 Å². The van der Waals surface area contributed by atoms with Gasteiger partial charge in [-0.05, 0) is 24.1 Å². The topological polar surface area (TPSA) is 24.9 Å². The average Bonchev–Trinajstić information content (AvgIpc) is 2.87. The number of nitrogens with zero attached hydrogens (tertiary/aromatic N) is 1. The van der Waals surface area contributed by atoms with Crippen LogP contribution in [0.2, 0.25) is 0 Å². The summed E-state index contributed by atoms with van der Waals surface area (Å²) in [6.07, 6.45) is 1.83. The van der Waals surface area contributed by atoms with Gasteiger partial charge in [0, 0.05) is 30.6 Å². The zero-order valence-corrected chi connectivity index (χ0v) is 11.4. The maximum atomic E-state index is 13.1. The Balaban J connectivity index is 1.83. The van der Waals surface area contributed by atoms with E-state index in [0.29, 0.717) is 11.5 Å². The molecule has 0 radical (unpaired) electrons. The van der Waals surface area contributed by atoms with Gasteiger partial charge in [-0.1, -0.05) is 19.1 Å². The van der Waals surface area contributed by atoms with Crippen molar-refractivity contribution in [2.45, 2.75) is 26.3 Å². The molecule has 1 N–H and O–H groups in total. The molecule has 0 fully saturated rings. The van der Waals surface area contributed by atoms with Crippen molar-refractivity contribution < 1.29 is 4.39 Å². The highest BCUT2D eigenvalue weighted by molar-refractivity contribution is 7.09. The molecule has 1 heterocycles. The van der Waals surface area contributed by atoms with E-state index in [1.165, 1.54) is 6.07 Å². The van der Waals surface area contributed by atoms with E-state index < -0.39 is 0 Å². The van der Waals surface area contributed by atoms with Crippen LogP contribution in [0.4, 0.5) is 4.39 Å². The fraction of sp³-hybridized carbons (Fsp3) is 0.357. The van der Waals surface area contributed by atoms with E-state index >= 15 is 0 Å². The predicted octanol–water partition coefficient (Wildman–Crippen LogP) is 3.48. The number of rotatable bonds is 5. The second-order valence-electron chi connectivity index (χ2n) is 4.49. The van der Waals surface area contributed by atoms with Crippen LogP contribution in [0.3, 0.4) is 0 Å². The molecule has 0 bridgehead atoms. The fourth-order valence-electron chi connectivity index (χ4n) is 1.81. The van der Waals surface area contributed by atoms with Crippen molar-refractivity contribution in [2.75, 3.05) is 6.54 Å². The Morgan fingerprint density at radius 2 is 2.28 bits per heavy atom. The lowest BCUT2D eigenvalue weighted by molar-refractivity contribution is 0.604. The Morgan fingerprint density at radius 3 is 2.94 bits per heavy atom. The summed E-state index contributed by atoms with van der Waals surface area (Å²) in [6.45, 7) is 5.58. The smallest absolute Gasteiger partial charge is 0.126 e. The summed E-state index contributed by atoms with van der Waals surface area (Å²) in [4.78, 5) is 4.30. The molecule has 1 unspecified atom stereocenters. The SMILES string of the molecule is Cc1cc(CNCC(C)c2nccs2)ccc1F. The summed E-state index contributed by atoms with van der Waals surface area (Å²) in [7, 11) is 0. The number of hydrogen-bond acceptors (Lipinski definition) is 3. The van der Waals surface area contributed by atoms with Crippen LogP contribution < -0.4 is 5.32 Å². The predicted molar refractivity (Wildman–Crippen MR) is 73.4 cm³/mol. The Hall–Kier alpha value is -1.26. The molecular formula is C14H17FN2S. The Labute approximate surface area is 111 Å². The lowest BCUT2D eigenvalue weighted by Crippen LogP contribution is -2.19. The van der Waals surface area contributed by atoms with Crippen LogP contribution in [-0.2, 0) is 6.54 Å². The standard InChI is InChI=1S/C14H17FN2S/c1-10-7-12(3-4-13(10)15)9-16-8-11(2)14-17-5-6-18-14/h3-7,11,16H,8-9H2,1-2H3. The van der Waals surface area contributed by atoms with Crippen molar-refractivity contribution in [1.29, 1.82) is 0 Å². The third-order valence-corrected chi connectivity index (χ3v) is 3.88. The van der Waals surface area contributed by atoms with Crippen LogP contribution in [0.1, 0.15) is 29.0 Å².